The van der Waals surface area contributed by atoms with Crippen molar-refractivity contribution in [1.82, 2.24) is 0 Å². The van der Waals surface area contributed by atoms with Crippen LogP contribution in [0, 0.1) is 11.6 Å². The van der Waals surface area contributed by atoms with Crippen LogP contribution >= 0.6 is 15.9 Å². The predicted molar refractivity (Wildman–Crippen MR) is 57.5 cm³/mol. The van der Waals surface area contributed by atoms with Crippen molar-refractivity contribution in [2.75, 3.05) is 0 Å². The first-order valence-corrected chi connectivity index (χ1v) is 4.56. The molecule has 1 aromatic rings. The van der Waals surface area contributed by atoms with Crippen LogP contribution in [0.1, 0.15) is 5.56 Å². The topological polar surface area (TPSA) is 76.8 Å². The third kappa shape index (κ3) is 3.28. The van der Waals surface area contributed by atoms with E-state index >= 15 is 0 Å². The molecule has 1 aromatic carbocycles. The van der Waals surface area contributed by atoms with Crippen molar-refractivity contribution in [3.8, 4) is 0 Å². The molecule has 7 heteroatoms. The Bertz CT molecular complexity index is 427. The summed E-state index contributed by atoms with van der Waals surface area (Å²) in [6, 6.07) is 1.85. The summed E-state index contributed by atoms with van der Waals surface area (Å²) in [5.41, 5.74) is 10.2. The van der Waals surface area contributed by atoms with Crippen LogP contribution in [0.3, 0.4) is 0 Å². The molecule has 4 N–H and O–H groups in total. The van der Waals surface area contributed by atoms with Crippen molar-refractivity contribution in [2.24, 2.45) is 21.7 Å². The first-order valence-electron chi connectivity index (χ1n) is 3.77. The number of benzene rings is 1. The van der Waals surface area contributed by atoms with Gasteiger partial charge in [-0.25, -0.2) is 8.78 Å². The van der Waals surface area contributed by atoms with E-state index in [-0.39, 0.29) is 16.0 Å². The number of hydrogen-bond acceptors (Lipinski definition) is 2. The predicted octanol–water partition coefficient (Wildman–Crippen LogP) is 1.33. The Balaban J connectivity index is 3.05. The molecule has 0 bridgehead atoms. The molecule has 0 aromatic heterocycles. The quantitative estimate of drug-likeness (QED) is 0.370. The minimum absolute atomic E-state index is 0.0958. The zero-order chi connectivity index (χ0) is 11.4. The number of guanidine groups is 1. The highest BCUT2D eigenvalue weighted by atomic mass is 79.9. The van der Waals surface area contributed by atoms with E-state index in [1.165, 1.54) is 0 Å². The van der Waals surface area contributed by atoms with Gasteiger partial charge in [-0.15, -0.1) is 5.10 Å². The van der Waals surface area contributed by atoms with Gasteiger partial charge in [0, 0.05) is 11.6 Å². The van der Waals surface area contributed by atoms with Gasteiger partial charge in [-0.2, -0.15) is 5.10 Å². The van der Waals surface area contributed by atoms with Gasteiger partial charge in [0.2, 0.25) is 5.96 Å². The van der Waals surface area contributed by atoms with Crippen molar-refractivity contribution >= 4 is 28.1 Å². The average molecular weight is 277 g/mol. The van der Waals surface area contributed by atoms with E-state index in [2.05, 4.69) is 26.1 Å². The lowest BCUT2D eigenvalue weighted by molar-refractivity contribution is 0.578. The molecule has 0 aliphatic heterocycles. The van der Waals surface area contributed by atoms with Gasteiger partial charge in [0.25, 0.3) is 0 Å². The Morgan fingerprint density at radius 2 is 2.00 bits per heavy atom. The molecule has 0 fully saturated rings. The lowest BCUT2D eigenvalue weighted by Crippen LogP contribution is -2.21. The van der Waals surface area contributed by atoms with E-state index in [1.54, 1.807) is 0 Å². The van der Waals surface area contributed by atoms with Crippen LogP contribution in [0.2, 0.25) is 0 Å². The van der Waals surface area contributed by atoms with Gasteiger partial charge in [-0.3, -0.25) is 0 Å². The van der Waals surface area contributed by atoms with Crippen LogP contribution in [0.15, 0.2) is 26.8 Å². The molecule has 0 radical (unpaired) electrons. The second-order valence-electron chi connectivity index (χ2n) is 2.56. The Kier molecular flexibility index (Phi) is 3.73. The fourth-order valence-corrected chi connectivity index (χ4v) is 1.16. The van der Waals surface area contributed by atoms with Crippen molar-refractivity contribution in [3.05, 3.63) is 33.8 Å². The first-order chi connectivity index (χ1) is 7.00. The van der Waals surface area contributed by atoms with Gasteiger partial charge in [0.15, 0.2) is 0 Å². The Labute approximate surface area is 92.8 Å². The fourth-order valence-electron chi connectivity index (χ4n) is 0.828. The van der Waals surface area contributed by atoms with E-state index < -0.39 is 11.6 Å². The second-order valence-corrected chi connectivity index (χ2v) is 3.35. The molecule has 0 heterocycles. The van der Waals surface area contributed by atoms with Crippen molar-refractivity contribution in [3.63, 3.8) is 0 Å². The van der Waals surface area contributed by atoms with Crippen LogP contribution in [-0.4, -0.2) is 12.2 Å². The maximum Gasteiger partial charge on any atom is 0.211 e. The summed E-state index contributed by atoms with van der Waals surface area (Å²) in [5.74, 6) is -1.66. The van der Waals surface area contributed by atoms with Crippen molar-refractivity contribution in [1.29, 1.82) is 0 Å². The van der Waals surface area contributed by atoms with Crippen molar-refractivity contribution in [2.45, 2.75) is 0 Å². The van der Waals surface area contributed by atoms with E-state index in [0.717, 1.165) is 18.3 Å². The van der Waals surface area contributed by atoms with Gasteiger partial charge in [0.05, 0.1) is 10.7 Å². The van der Waals surface area contributed by atoms with Gasteiger partial charge in [0.1, 0.15) is 11.6 Å². The maximum absolute atomic E-state index is 13.0. The average Bonchev–Trinajstić information content (AvgIpc) is 2.12. The molecule has 0 aliphatic rings. The Morgan fingerprint density at radius 3 is 2.60 bits per heavy atom. The molecule has 0 saturated carbocycles. The Hall–Kier alpha value is -1.50. The zero-order valence-electron chi connectivity index (χ0n) is 7.42. The summed E-state index contributed by atoms with van der Waals surface area (Å²) in [6.07, 6.45) is 1.13. The summed E-state index contributed by atoms with van der Waals surface area (Å²) in [7, 11) is 0. The highest BCUT2D eigenvalue weighted by Crippen LogP contribution is 2.20. The molecule has 0 amide bonds. The molecule has 15 heavy (non-hydrogen) atoms. The van der Waals surface area contributed by atoms with Crippen LogP contribution in [0.25, 0.3) is 0 Å². The number of rotatable bonds is 2. The van der Waals surface area contributed by atoms with Crippen LogP contribution in [0.4, 0.5) is 8.78 Å². The van der Waals surface area contributed by atoms with E-state index in [4.69, 9.17) is 11.5 Å². The minimum Gasteiger partial charge on any atom is -0.369 e. The molecule has 4 nitrogen and oxygen atoms in total. The maximum atomic E-state index is 13.0. The number of hydrogen-bond donors (Lipinski definition) is 2. The van der Waals surface area contributed by atoms with Crippen molar-refractivity contribution < 1.29 is 8.78 Å². The molecule has 0 saturated heterocycles. The monoisotopic (exact) mass is 276 g/mol. The molecular formula is C8H7BrF2N4. The molecule has 0 aliphatic carbocycles. The van der Waals surface area contributed by atoms with Gasteiger partial charge in [-0.1, -0.05) is 0 Å². The SMILES string of the molecule is NC(N)=NN=Cc1cc(F)cc(F)c1Br. The number of nitrogens with two attached hydrogens (primary N) is 2. The van der Waals surface area contributed by atoms with E-state index in [0.29, 0.717) is 0 Å². The molecule has 80 valence electrons. The van der Waals surface area contributed by atoms with Gasteiger partial charge in [-0.05, 0) is 22.0 Å². The summed E-state index contributed by atoms with van der Waals surface area (Å²) >= 11 is 2.94. The second kappa shape index (κ2) is 4.83. The minimum atomic E-state index is -0.721. The Morgan fingerprint density at radius 1 is 1.33 bits per heavy atom. The third-order valence-electron chi connectivity index (χ3n) is 1.39. The summed E-state index contributed by atoms with van der Waals surface area (Å²) in [6.45, 7) is 0. The normalized spacial score (nSPS) is 10.6. The lowest BCUT2D eigenvalue weighted by atomic mass is 10.2. The molecule has 0 spiro atoms. The largest absolute Gasteiger partial charge is 0.369 e. The standard InChI is InChI=1S/C8H7BrF2N4/c9-7-4(3-14-15-8(12)13)1-5(10)2-6(7)11/h1-3H,(H4,12,13,15). The highest BCUT2D eigenvalue weighted by molar-refractivity contribution is 9.10. The highest BCUT2D eigenvalue weighted by Gasteiger charge is 2.06. The van der Waals surface area contributed by atoms with Gasteiger partial charge >= 0.3 is 0 Å². The fraction of sp³-hybridized carbons (Fsp3) is 0. The molecule has 0 unspecified atom stereocenters. The lowest BCUT2D eigenvalue weighted by Gasteiger charge is -1.99. The smallest absolute Gasteiger partial charge is 0.211 e. The van der Waals surface area contributed by atoms with E-state index in [1.807, 2.05) is 0 Å². The summed E-state index contributed by atoms with van der Waals surface area (Å²) in [4.78, 5) is 0. The molecule has 1 rings (SSSR count). The first kappa shape index (κ1) is 11.6. The van der Waals surface area contributed by atoms with Crippen LogP contribution in [-0.2, 0) is 0 Å². The van der Waals surface area contributed by atoms with Crippen LogP contribution in [0.5, 0.6) is 0 Å². The number of nitrogens with zero attached hydrogens (tertiary/aromatic N) is 2. The van der Waals surface area contributed by atoms with Crippen LogP contribution < -0.4 is 11.5 Å². The molecular weight excluding hydrogens is 270 g/mol. The summed E-state index contributed by atoms with van der Waals surface area (Å²) < 4.78 is 25.9. The number of halogens is 3. The zero-order valence-corrected chi connectivity index (χ0v) is 9.00. The van der Waals surface area contributed by atoms with Gasteiger partial charge < -0.3 is 11.5 Å². The van der Waals surface area contributed by atoms with E-state index in [9.17, 15) is 8.78 Å². The summed E-state index contributed by atoms with van der Waals surface area (Å²) in [5, 5.41) is 6.73. The molecule has 0 atom stereocenters. The third-order valence-corrected chi connectivity index (χ3v) is 2.23.